The first-order valence-corrected chi connectivity index (χ1v) is 9.90. The number of aromatic nitrogens is 1. The number of para-hydroxylation sites is 1. The summed E-state index contributed by atoms with van der Waals surface area (Å²) in [4.78, 5) is 17.5. The number of hydrogen-bond donors (Lipinski definition) is 0. The van der Waals surface area contributed by atoms with Gasteiger partial charge in [-0.25, -0.2) is 4.98 Å². The van der Waals surface area contributed by atoms with Crippen molar-refractivity contribution in [3.05, 3.63) is 71.4 Å². The number of carbonyl (C=O) groups is 1. The maximum absolute atomic E-state index is 12.8. The largest absolute Gasteiger partial charge is 0.487 e. The Labute approximate surface area is 160 Å². The molecule has 1 heterocycles. The smallest absolute Gasteiger partial charge is 0.166 e. The highest BCUT2D eigenvalue weighted by atomic mass is 16.5. The Balaban J connectivity index is 1.51. The maximum Gasteiger partial charge on any atom is 0.166 e. The lowest BCUT2D eigenvalue weighted by Gasteiger charge is -2.25. The molecule has 4 rings (SSSR count). The Hall–Kier alpha value is -2.68. The molecule has 3 nitrogen and oxygen atoms in total. The lowest BCUT2D eigenvalue weighted by atomic mass is 9.80. The van der Waals surface area contributed by atoms with Crippen LogP contribution in [-0.2, 0) is 13.0 Å². The summed E-state index contributed by atoms with van der Waals surface area (Å²) in [6.45, 7) is 2.59. The number of pyridine rings is 1. The quantitative estimate of drug-likeness (QED) is 0.562. The lowest BCUT2D eigenvalue weighted by Crippen LogP contribution is -2.23. The SMILES string of the molecule is CCCCC1CCc2c(OCc3ccc4ccccc4n3)cccc2C1=O. The fraction of sp³-hybridized carbons (Fsp3) is 0.333. The van der Waals surface area contributed by atoms with Crippen molar-refractivity contribution >= 4 is 16.7 Å². The van der Waals surface area contributed by atoms with E-state index in [-0.39, 0.29) is 5.92 Å². The zero-order valence-electron chi connectivity index (χ0n) is 15.8. The molecule has 3 aromatic rings. The highest BCUT2D eigenvalue weighted by Crippen LogP contribution is 2.34. The minimum Gasteiger partial charge on any atom is -0.487 e. The van der Waals surface area contributed by atoms with Crippen LogP contribution >= 0.6 is 0 Å². The molecule has 138 valence electrons. The van der Waals surface area contributed by atoms with Crippen LogP contribution in [0.1, 0.15) is 54.2 Å². The standard InChI is InChI=1S/C24H25NO2/c1-2-3-7-18-13-15-20-21(24(18)26)9-6-11-23(20)27-16-19-14-12-17-8-4-5-10-22(17)25-19/h4-6,8-12,14,18H,2-3,7,13,15-16H2,1H3. The Morgan fingerprint density at radius 2 is 1.96 bits per heavy atom. The number of fused-ring (bicyclic) bond motifs is 2. The van der Waals surface area contributed by atoms with E-state index in [2.05, 4.69) is 24.0 Å². The molecule has 0 N–H and O–H groups in total. The third-order valence-electron chi connectivity index (χ3n) is 5.45. The van der Waals surface area contributed by atoms with E-state index in [1.165, 1.54) is 0 Å². The molecule has 1 aliphatic carbocycles. The van der Waals surface area contributed by atoms with Gasteiger partial charge < -0.3 is 4.74 Å². The molecule has 27 heavy (non-hydrogen) atoms. The van der Waals surface area contributed by atoms with E-state index in [1.807, 2.05) is 42.5 Å². The summed E-state index contributed by atoms with van der Waals surface area (Å²) in [7, 11) is 0. The molecule has 2 aromatic carbocycles. The van der Waals surface area contributed by atoms with E-state index in [4.69, 9.17) is 4.74 Å². The van der Waals surface area contributed by atoms with Gasteiger partial charge >= 0.3 is 0 Å². The Morgan fingerprint density at radius 1 is 1.07 bits per heavy atom. The van der Waals surface area contributed by atoms with E-state index in [9.17, 15) is 4.79 Å². The number of hydrogen-bond acceptors (Lipinski definition) is 3. The van der Waals surface area contributed by atoms with Crippen molar-refractivity contribution in [3.8, 4) is 5.75 Å². The molecular weight excluding hydrogens is 334 g/mol. The molecule has 1 atom stereocenters. The molecule has 0 radical (unpaired) electrons. The minimum atomic E-state index is 0.176. The van der Waals surface area contributed by atoms with Crippen molar-refractivity contribution in [1.82, 2.24) is 4.98 Å². The zero-order chi connectivity index (χ0) is 18.6. The molecule has 1 unspecified atom stereocenters. The van der Waals surface area contributed by atoms with Crippen LogP contribution in [0.3, 0.4) is 0 Å². The second kappa shape index (κ2) is 7.91. The number of ether oxygens (including phenoxy) is 1. The molecule has 0 saturated heterocycles. The number of Topliss-reactive ketones (excluding diaryl/α,β-unsaturated/α-hetero) is 1. The number of carbonyl (C=O) groups excluding carboxylic acids is 1. The number of unbranched alkanes of at least 4 members (excludes halogenated alkanes) is 1. The van der Waals surface area contributed by atoms with Crippen molar-refractivity contribution in [2.75, 3.05) is 0 Å². The average Bonchev–Trinajstić information content (AvgIpc) is 2.72. The molecule has 1 aromatic heterocycles. The number of ketones is 1. The van der Waals surface area contributed by atoms with Gasteiger partial charge in [-0.05, 0) is 37.5 Å². The van der Waals surface area contributed by atoms with Gasteiger partial charge in [-0.3, -0.25) is 4.79 Å². The van der Waals surface area contributed by atoms with Crippen molar-refractivity contribution in [3.63, 3.8) is 0 Å². The topological polar surface area (TPSA) is 39.2 Å². The van der Waals surface area contributed by atoms with Crippen LogP contribution in [0.15, 0.2) is 54.6 Å². The van der Waals surface area contributed by atoms with Gasteiger partial charge in [0.05, 0.1) is 11.2 Å². The number of rotatable bonds is 6. The molecule has 0 amide bonds. The van der Waals surface area contributed by atoms with Crippen LogP contribution < -0.4 is 4.74 Å². The van der Waals surface area contributed by atoms with Crippen molar-refractivity contribution in [1.29, 1.82) is 0 Å². The van der Waals surface area contributed by atoms with Gasteiger partial charge in [0, 0.05) is 22.4 Å². The zero-order valence-corrected chi connectivity index (χ0v) is 15.8. The maximum atomic E-state index is 12.8. The fourth-order valence-electron chi connectivity index (χ4n) is 3.93. The summed E-state index contributed by atoms with van der Waals surface area (Å²) in [5, 5.41) is 1.13. The molecule has 0 spiro atoms. The Kier molecular flexibility index (Phi) is 5.19. The van der Waals surface area contributed by atoms with Crippen LogP contribution in [0, 0.1) is 5.92 Å². The van der Waals surface area contributed by atoms with Crippen molar-refractivity contribution in [2.24, 2.45) is 5.92 Å². The summed E-state index contributed by atoms with van der Waals surface area (Å²) in [5.74, 6) is 1.29. The Bertz CT molecular complexity index is 964. The van der Waals surface area contributed by atoms with Gasteiger partial charge in [-0.2, -0.15) is 0 Å². The monoisotopic (exact) mass is 359 g/mol. The van der Waals surface area contributed by atoms with Crippen LogP contribution in [0.5, 0.6) is 5.75 Å². The van der Waals surface area contributed by atoms with Crippen LogP contribution in [0.25, 0.3) is 10.9 Å². The predicted octanol–water partition coefficient (Wildman–Crippen LogP) is 5.75. The van der Waals surface area contributed by atoms with Crippen LogP contribution in [0.4, 0.5) is 0 Å². The first-order chi connectivity index (χ1) is 13.3. The molecule has 0 aliphatic heterocycles. The Morgan fingerprint density at radius 3 is 2.85 bits per heavy atom. The molecule has 3 heteroatoms. The molecule has 0 fully saturated rings. The highest BCUT2D eigenvalue weighted by molar-refractivity contribution is 6.00. The van der Waals surface area contributed by atoms with Gasteiger partial charge in [-0.15, -0.1) is 0 Å². The lowest BCUT2D eigenvalue weighted by molar-refractivity contribution is 0.0891. The normalized spacial score (nSPS) is 16.3. The first-order valence-electron chi connectivity index (χ1n) is 9.90. The van der Waals surface area contributed by atoms with Gasteiger partial charge in [-0.1, -0.05) is 56.2 Å². The summed E-state index contributed by atoms with van der Waals surface area (Å²) >= 11 is 0. The summed E-state index contributed by atoms with van der Waals surface area (Å²) < 4.78 is 6.09. The molecule has 1 aliphatic rings. The van der Waals surface area contributed by atoms with Crippen molar-refractivity contribution < 1.29 is 9.53 Å². The summed E-state index contributed by atoms with van der Waals surface area (Å²) in [6.07, 6.45) is 5.10. The van der Waals surface area contributed by atoms with Gasteiger partial charge in [0.1, 0.15) is 12.4 Å². The molecule has 0 bridgehead atoms. The predicted molar refractivity (Wildman–Crippen MR) is 108 cm³/mol. The van der Waals surface area contributed by atoms with Gasteiger partial charge in [0.15, 0.2) is 5.78 Å². The fourth-order valence-corrected chi connectivity index (χ4v) is 3.93. The van der Waals surface area contributed by atoms with Gasteiger partial charge in [0.25, 0.3) is 0 Å². The third-order valence-corrected chi connectivity index (χ3v) is 5.45. The average molecular weight is 359 g/mol. The number of nitrogens with zero attached hydrogens (tertiary/aromatic N) is 1. The van der Waals surface area contributed by atoms with Crippen molar-refractivity contribution in [2.45, 2.75) is 45.6 Å². The number of benzene rings is 2. The first kappa shape index (κ1) is 17.7. The van der Waals surface area contributed by atoms with E-state index in [0.29, 0.717) is 12.4 Å². The summed E-state index contributed by atoms with van der Waals surface area (Å²) in [6, 6.07) is 18.0. The van der Waals surface area contributed by atoms with E-state index < -0.39 is 0 Å². The minimum absolute atomic E-state index is 0.176. The molecule has 0 saturated carbocycles. The summed E-state index contributed by atoms with van der Waals surface area (Å²) in [5.41, 5.74) is 3.79. The van der Waals surface area contributed by atoms with E-state index >= 15 is 0 Å². The second-order valence-electron chi connectivity index (χ2n) is 7.31. The molecular formula is C24H25NO2. The second-order valence-corrected chi connectivity index (χ2v) is 7.31. The van der Waals surface area contributed by atoms with Gasteiger partial charge in [0.2, 0.25) is 0 Å². The van der Waals surface area contributed by atoms with Crippen LogP contribution in [-0.4, -0.2) is 10.8 Å². The van der Waals surface area contributed by atoms with Crippen LogP contribution in [0.2, 0.25) is 0 Å². The van der Waals surface area contributed by atoms with E-state index in [0.717, 1.165) is 65.6 Å². The highest BCUT2D eigenvalue weighted by Gasteiger charge is 2.28. The van der Waals surface area contributed by atoms with E-state index in [1.54, 1.807) is 0 Å². The third kappa shape index (κ3) is 3.73.